The van der Waals surface area contributed by atoms with Gasteiger partial charge in [0, 0.05) is 52.0 Å². The third-order valence-electron chi connectivity index (χ3n) is 8.52. The van der Waals surface area contributed by atoms with Gasteiger partial charge in [-0.3, -0.25) is 14.7 Å². The Bertz CT molecular complexity index is 1290. The van der Waals surface area contributed by atoms with Crippen LogP contribution in [0, 0.1) is 18.3 Å². The number of piperazine rings is 1. The second-order valence-corrected chi connectivity index (χ2v) is 11.1. The van der Waals surface area contributed by atoms with Crippen molar-refractivity contribution in [3.63, 3.8) is 0 Å². The highest BCUT2D eigenvalue weighted by molar-refractivity contribution is 5.88. The van der Waals surface area contributed by atoms with Crippen LogP contribution in [0.2, 0.25) is 0 Å². The first kappa shape index (κ1) is 27.3. The molecule has 12 nitrogen and oxygen atoms in total. The van der Waals surface area contributed by atoms with Crippen molar-refractivity contribution in [2.24, 2.45) is 22.8 Å². The number of amides is 3. The molecule has 3 aliphatic rings. The smallest absolute Gasteiger partial charge is 0.354 e. The summed E-state index contributed by atoms with van der Waals surface area (Å²) < 4.78 is 1.46. The van der Waals surface area contributed by atoms with Gasteiger partial charge in [0.05, 0.1) is 12.3 Å². The van der Waals surface area contributed by atoms with E-state index in [1.807, 2.05) is 12.1 Å². The van der Waals surface area contributed by atoms with Gasteiger partial charge in [-0.1, -0.05) is 6.07 Å². The summed E-state index contributed by atoms with van der Waals surface area (Å²) in [5.41, 5.74) is 14.6. The summed E-state index contributed by atoms with van der Waals surface area (Å²) in [6, 6.07) is 6.23. The fraction of sp³-hybridized carbons (Fsp3) is 0.556. The van der Waals surface area contributed by atoms with Crippen LogP contribution in [0.25, 0.3) is 5.69 Å². The van der Waals surface area contributed by atoms with E-state index >= 15 is 0 Å². The number of aliphatic hydroxyl groups is 1. The van der Waals surface area contributed by atoms with Gasteiger partial charge >= 0.3 is 11.7 Å². The summed E-state index contributed by atoms with van der Waals surface area (Å²) in [7, 11) is 0. The van der Waals surface area contributed by atoms with Gasteiger partial charge < -0.3 is 31.3 Å². The molecule has 3 amide bonds. The molecule has 5 rings (SSSR count). The number of carbonyl (C=O) groups excluding carboxylic acids is 2. The van der Waals surface area contributed by atoms with Crippen molar-refractivity contribution in [2.45, 2.75) is 25.8 Å². The number of piperidine rings is 1. The van der Waals surface area contributed by atoms with Crippen LogP contribution >= 0.6 is 0 Å². The first-order valence-electron chi connectivity index (χ1n) is 13.6. The van der Waals surface area contributed by atoms with E-state index in [-0.39, 0.29) is 11.7 Å². The Kier molecular flexibility index (Phi) is 7.72. The molecule has 3 unspecified atom stereocenters. The maximum Gasteiger partial charge on any atom is 0.354 e. The maximum atomic E-state index is 12.8. The number of anilines is 1. The third-order valence-corrected chi connectivity index (χ3v) is 8.52. The monoisotopic (exact) mass is 538 g/mol. The summed E-state index contributed by atoms with van der Waals surface area (Å²) >= 11 is 0. The van der Waals surface area contributed by atoms with Crippen molar-refractivity contribution in [1.82, 2.24) is 24.3 Å². The number of nitrogens with zero attached hydrogens (tertiary/aromatic N) is 5. The maximum absolute atomic E-state index is 12.8. The number of aromatic nitrogens is 2. The average molecular weight is 539 g/mol. The molecular weight excluding hydrogens is 500 g/mol. The SMILES string of the molecule is Cc1cc(-n2ccc(NC(=O)N3CCN(C(=O)C(N)CO)CC3)nc2=O)ccc1CCN1CC2CC2(CN)C1. The van der Waals surface area contributed by atoms with Gasteiger partial charge in [0.1, 0.15) is 11.9 Å². The highest BCUT2D eigenvalue weighted by Gasteiger charge is 2.58. The van der Waals surface area contributed by atoms with E-state index in [4.69, 9.17) is 16.6 Å². The average Bonchev–Trinajstić information content (AvgIpc) is 3.51. The van der Waals surface area contributed by atoms with Gasteiger partial charge in [-0.15, -0.1) is 0 Å². The van der Waals surface area contributed by atoms with Crippen molar-refractivity contribution in [1.29, 1.82) is 0 Å². The molecule has 1 saturated carbocycles. The van der Waals surface area contributed by atoms with Crippen molar-refractivity contribution in [3.05, 3.63) is 52.1 Å². The Morgan fingerprint density at radius 1 is 1.21 bits per heavy atom. The lowest BCUT2D eigenvalue weighted by Gasteiger charge is -2.35. The number of carbonyl (C=O) groups is 2. The molecule has 6 N–H and O–H groups in total. The molecule has 3 atom stereocenters. The lowest BCUT2D eigenvalue weighted by atomic mass is 10.0. The molecule has 0 bridgehead atoms. The predicted molar refractivity (Wildman–Crippen MR) is 147 cm³/mol. The number of fused-ring (bicyclic) bond motifs is 1. The largest absolute Gasteiger partial charge is 0.394 e. The Morgan fingerprint density at radius 3 is 2.59 bits per heavy atom. The quantitative estimate of drug-likeness (QED) is 0.345. The fourth-order valence-corrected chi connectivity index (χ4v) is 5.88. The van der Waals surface area contributed by atoms with Gasteiger partial charge in [-0.25, -0.2) is 9.59 Å². The molecule has 2 aliphatic heterocycles. The fourth-order valence-electron chi connectivity index (χ4n) is 5.88. The number of rotatable bonds is 8. The van der Waals surface area contributed by atoms with E-state index < -0.39 is 24.4 Å². The van der Waals surface area contributed by atoms with Crippen LogP contribution in [0.1, 0.15) is 17.5 Å². The van der Waals surface area contributed by atoms with Gasteiger partial charge in [-0.2, -0.15) is 4.98 Å². The molecular formula is C27H38N8O4. The summed E-state index contributed by atoms with van der Waals surface area (Å²) in [6.07, 6.45) is 3.84. The van der Waals surface area contributed by atoms with E-state index in [0.717, 1.165) is 49.8 Å². The van der Waals surface area contributed by atoms with E-state index in [1.54, 1.807) is 17.2 Å². The second kappa shape index (κ2) is 11.0. The van der Waals surface area contributed by atoms with Crippen LogP contribution < -0.4 is 22.5 Å². The molecule has 2 aromatic rings. The second-order valence-electron chi connectivity index (χ2n) is 11.1. The summed E-state index contributed by atoms with van der Waals surface area (Å²) in [4.78, 5) is 47.2. The summed E-state index contributed by atoms with van der Waals surface area (Å²) in [5.74, 6) is 0.597. The van der Waals surface area contributed by atoms with Gasteiger partial charge in [0.25, 0.3) is 0 Å². The zero-order valence-corrected chi connectivity index (χ0v) is 22.4. The molecule has 1 aromatic carbocycles. The number of aryl methyl sites for hydroxylation is 1. The highest BCUT2D eigenvalue weighted by atomic mass is 16.3. The Balaban J connectivity index is 1.15. The number of aliphatic hydroxyl groups excluding tert-OH is 1. The lowest BCUT2D eigenvalue weighted by Crippen LogP contribution is -2.55. The number of hydrogen-bond acceptors (Lipinski definition) is 8. The molecule has 0 radical (unpaired) electrons. The number of urea groups is 1. The van der Waals surface area contributed by atoms with Crippen molar-refractivity contribution >= 4 is 17.8 Å². The summed E-state index contributed by atoms with van der Waals surface area (Å²) in [6.45, 7) is 6.93. The molecule has 0 spiro atoms. The van der Waals surface area contributed by atoms with Crippen molar-refractivity contribution in [3.8, 4) is 5.69 Å². The Morgan fingerprint density at radius 2 is 1.95 bits per heavy atom. The van der Waals surface area contributed by atoms with Gasteiger partial charge in [0.2, 0.25) is 5.91 Å². The minimum Gasteiger partial charge on any atom is -0.394 e. The molecule has 2 saturated heterocycles. The highest BCUT2D eigenvalue weighted by Crippen LogP contribution is 2.56. The topological polar surface area (TPSA) is 163 Å². The van der Waals surface area contributed by atoms with Crippen LogP contribution in [-0.2, 0) is 11.2 Å². The van der Waals surface area contributed by atoms with Crippen molar-refractivity contribution < 1.29 is 14.7 Å². The van der Waals surface area contributed by atoms with E-state index in [0.29, 0.717) is 31.6 Å². The zero-order valence-electron chi connectivity index (χ0n) is 22.4. The van der Waals surface area contributed by atoms with Crippen LogP contribution in [0.4, 0.5) is 10.6 Å². The first-order chi connectivity index (χ1) is 18.7. The van der Waals surface area contributed by atoms with E-state index in [1.165, 1.54) is 21.5 Å². The number of hydrogen-bond donors (Lipinski definition) is 4. The molecule has 39 heavy (non-hydrogen) atoms. The van der Waals surface area contributed by atoms with E-state index in [9.17, 15) is 14.4 Å². The van der Waals surface area contributed by atoms with Crippen LogP contribution in [0.5, 0.6) is 0 Å². The van der Waals surface area contributed by atoms with E-state index in [2.05, 4.69) is 28.2 Å². The standard InChI is InChI=1S/C27H38N8O4/c1-18-12-21(3-2-19(18)4-6-32-14-20-13-27(20,16-28)17-32)35-7-5-23(31-26(35)39)30-25(38)34-10-8-33(9-11-34)24(37)22(29)15-36/h2-3,5,7,12,20,22,36H,4,6,8-11,13-17,28-29H2,1H3,(H,30,31,38,39). The van der Waals surface area contributed by atoms with Crippen LogP contribution in [0.3, 0.4) is 0 Å². The zero-order chi connectivity index (χ0) is 27.7. The molecule has 1 aromatic heterocycles. The molecule has 3 fully saturated rings. The molecule has 210 valence electrons. The number of nitrogens with one attached hydrogen (secondary N) is 1. The third kappa shape index (κ3) is 5.69. The minimum atomic E-state index is -0.953. The number of benzene rings is 1. The molecule has 12 heteroatoms. The van der Waals surface area contributed by atoms with Gasteiger partial charge in [0.15, 0.2) is 0 Å². The first-order valence-corrected chi connectivity index (χ1v) is 13.6. The Hall–Kier alpha value is -3.32. The number of nitrogens with two attached hydrogens (primary N) is 2. The number of likely N-dealkylation sites (tertiary alicyclic amines) is 1. The lowest BCUT2D eigenvalue weighted by molar-refractivity contribution is -0.134. The normalized spacial score (nSPS) is 23.4. The predicted octanol–water partition coefficient (Wildman–Crippen LogP) is -0.640. The van der Waals surface area contributed by atoms with Crippen LogP contribution in [0.15, 0.2) is 35.3 Å². The minimum absolute atomic E-state index is 0.161. The molecule has 1 aliphatic carbocycles. The Labute approximate surface area is 227 Å². The van der Waals surface area contributed by atoms with Gasteiger partial charge in [-0.05, 0) is 67.0 Å². The van der Waals surface area contributed by atoms with Crippen molar-refractivity contribution in [2.75, 3.05) is 64.3 Å². The summed E-state index contributed by atoms with van der Waals surface area (Å²) in [5, 5.41) is 11.7. The van der Waals surface area contributed by atoms with Crippen LogP contribution in [-0.4, -0.2) is 106 Å². The molecule has 3 heterocycles.